The van der Waals surface area contributed by atoms with E-state index in [1.54, 1.807) is 21.4 Å². The second-order valence-corrected chi connectivity index (χ2v) is 10.3. The second-order valence-electron chi connectivity index (χ2n) is 8.36. The number of rotatable bonds is 4. The van der Waals surface area contributed by atoms with Crippen LogP contribution in [0.1, 0.15) is 28.9 Å². The molecule has 2 aliphatic rings. The summed E-state index contributed by atoms with van der Waals surface area (Å²) in [5.41, 5.74) is 2.14. The van der Waals surface area contributed by atoms with Crippen molar-refractivity contribution in [3.63, 3.8) is 0 Å². The highest BCUT2D eigenvalue weighted by molar-refractivity contribution is 7.89. The lowest BCUT2D eigenvalue weighted by molar-refractivity contribution is 0.0662. The maximum atomic E-state index is 13.1. The number of aromatic nitrogens is 1. The van der Waals surface area contributed by atoms with Crippen molar-refractivity contribution in [2.45, 2.75) is 24.7 Å². The van der Waals surface area contributed by atoms with Gasteiger partial charge in [-0.05, 0) is 43.5 Å². The Morgan fingerprint density at radius 3 is 2.25 bits per heavy atom. The first-order chi connectivity index (χ1) is 15.3. The number of aryl methyl sites for hydroxylation is 2. The van der Waals surface area contributed by atoms with Crippen LogP contribution in [-0.4, -0.2) is 78.3 Å². The molecule has 0 saturated carbocycles. The van der Waals surface area contributed by atoms with Crippen LogP contribution in [-0.2, 0) is 17.1 Å². The molecule has 0 spiro atoms. The van der Waals surface area contributed by atoms with Gasteiger partial charge in [0.1, 0.15) is 10.6 Å². The van der Waals surface area contributed by atoms with Crippen LogP contribution in [0.5, 0.6) is 0 Å². The highest BCUT2D eigenvalue weighted by atomic mass is 32.2. The monoisotopic (exact) mass is 459 g/mol. The third-order valence-electron chi connectivity index (χ3n) is 6.03. The predicted octanol–water partition coefficient (Wildman–Crippen LogP) is 2.11. The highest BCUT2D eigenvalue weighted by Crippen LogP contribution is 2.23. The number of benzene rings is 1. The van der Waals surface area contributed by atoms with Gasteiger partial charge in [0, 0.05) is 58.2 Å². The van der Waals surface area contributed by atoms with E-state index in [2.05, 4.69) is 5.32 Å². The van der Waals surface area contributed by atoms with Gasteiger partial charge in [-0.1, -0.05) is 12.1 Å². The third kappa shape index (κ3) is 4.51. The summed E-state index contributed by atoms with van der Waals surface area (Å²) in [6.45, 7) is 4.60. The van der Waals surface area contributed by atoms with E-state index in [0.717, 1.165) is 24.1 Å². The average Bonchev–Trinajstić information content (AvgIpc) is 3.44. The fourth-order valence-electron chi connectivity index (χ4n) is 4.17. The van der Waals surface area contributed by atoms with Crippen LogP contribution in [0.15, 0.2) is 41.4 Å². The molecule has 10 heteroatoms. The molecule has 3 amide bonds. The lowest BCUT2D eigenvalue weighted by Gasteiger charge is -2.34. The Balaban J connectivity index is 1.38. The molecule has 4 rings (SSSR count). The standard InChI is InChI=1S/C22H29N5O4S/c1-17-6-5-7-18(14-17)23-22(29)26-12-10-25(11-13-26)21(28)20-15-19(16-24(20)2)32(30,31)27-8-3-4-9-27/h5-7,14-16H,3-4,8-13H2,1-2H3,(H,23,29). The molecule has 3 heterocycles. The molecule has 1 N–H and O–H groups in total. The average molecular weight is 460 g/mol. The number of piperazine rings is 1. The molecule has 2 saturated heterocycles. The van der Waals surface area contributed by atoms with Gasteiger partial charge in [-0.15, -0.1) is 0 Å². The number of urea groups is 1. The molecule has 0 atom stereocenters. The van der Waals surface area contributed by atoms with E-state index in [1.807, 2.05) is 31.2 Å². The summed E-state index contributed by atoms with van der Waals surface area (Å²) in [6.07, 6.45) is 3.23. The largest absolute Gasteiger partial charge is 0.345 e. The van der Waals surface area contributed by atoms with E-state index in [9.17, 15) is 18.0 Å². The number of sulfonamides is 1. The lowest BCUT2D eigenvalue weighted by Crippen LogP contribution is -2.51. The number of amides is 3. The molecule has 172 valence electrons. The fourth-order valence-corrected chi connectivity index (χ4v) is 5.75. The van der Waals surface area contributed by atoms with E-state index in [-0.39, 0.29) is 16.8 Å². The smallest absolute Gasteiger partial charge is 0.321 e. The van der Waals surface area contributed by atoms with Gasteiger partial charge in [0.2, 0.25) is 10.0 Å². The van der Waals surface area contributed by atoms with E-state index in [1.165, 1.54) is 16.6 Å². The van der Waals surface area contributed by atoms with Crippen LogP contribution >= 0.6 is 0 Å². The number of nitrogens with zero attached hydrogens (tertiary/aromatic N) is 4. The van der Waals surface area contributed by atoms with Crippen molar-refractivity contribution in [1.82, 2.24) is 18.7 Å². The quantitative estimate of drug-likeness (QED) is 0.758. The van der Waals surface area contributed by atoms with Crippen LogP contribution in [0, 0.1) is 6.92 Å². The molecular formula is C22H29N5O4S. The van der Waals surface area contributed by atoms with Gasteiger partial charge >= 0.3 is 6.03 Å². The van der Waals surface area contributed by atoms with Crippen LogP contribution in [0.2, 0.25) is 0 Å². The zero-order valence-electron chi connectivity index (χ0n) is 18.5. The highest BCUT2D eigenvalue weighted by Gasteiger charge is 2.31. The Hall–Kier alpha value is -2.85. The topological polar surface area (TPSA) is 95.0 Å². The van der Waals surface area contributed by atoms with Gasteiger partial charge in [0.05, 0.1) is 0 Å². The maximum absolute atomic E-state index is 13.1. The van der Waals surface area contributed by atoms with Crippen LogP contribution in [0.25, 0.3) is 0 Å². The van der Waals surface area contributed by atoms with E-state index >= 15 is 0 Å². The van der Waals surface area contributed by atoms with Gasteiger partial charge in [-0.25, -0.2) is 13.2 Å². The zero-order chi connectivity index (χ0) is 22.9. The summed E-state index contributed by atoms with van der Waals surface area (Å²) in [4.78, 5) is 29.1. The number of hydrogen-bond donors (Lipinski definition) is 1. The number of anilines is 1. The first kappa shape index (κ1) is 22.3. The first-order valence-corrected chi connectivity index (χ1v) is 12.3. The van der Waals surface area contributed by atoms with Gasteiger partial charge in [-0.2, -0.15) is 4.31 Å². The first-order valence-electron chi connectivity index (χ1n) is 10.8. The predicted molar refractivity (Wildman–Crippen MR) is 121 cm³/mol. The molecule has 1 aromatic carbocycles. The number of carbonyl (C=O) groups excluding carboxylic acids is 2. The van der Waals surface area contributed by atoms with Crippen molar-refractivity contribution < 1.29 is 18.0 Å². The minimum atomic E-state index is -3.58. The van der Waals surface area contributed by atoms with Crippen LogP contribution < -0.4 is 5.32 Å². The van der Waals surface area contributed by atoms with Crippen molar-refractivity contribution in [3.8, 4) is 0 Å². The second kappa shape index (κ2) is 8.95. The summed E-state index contributed by atoms with van der Waals surface area (Å²) in [5.74, 6) is -0.228. The lowest BCUT2D eigenvalue weighted by atomic mass is 10.2. The number of carbonyl (C=O) groups is 2. The van der Waals surface area contributed by atoms with Crippen LogP contribution in [0.4, 0.5) is 10.5 Å². The Morgan fingerprint density at radius 1 is 0.938 bits per heavy atom. The van der Waals surface area contributed by atoms with Crippen molar-refractivity contribution in [1.29, 1.82) is 0 Å². The summed E-state index contributed by atoms with van der Waals surface area (Å²) >= 11 is 0. The Bertz CT molecular complexity index is 1110. The normalized spacial score (nSPS) is 17.6. The Labute approximate surface area is 188 Å². The minimum absolute atomic E-state index is 0.154. The van der Waals surface area contributed by atoms with Crippen molar-refractivity contribution >= 4 is 27.6 Å². The fraction of sp³-hybridized carbons (Fsp3) is 0.455. The minimum Gasteiger partial charge on any atom is -0.345 e. The molecule has 0 aliphatic carbocycles. The van der Waals surface area contributed by atoms with Crippen LogP contribution in [0.3, 0.4) is 0 Å². The Kier molecular flexibility index (Phi) is 6.25. The van der Waals surface area contributed by atoms with Gasteiger partial charge in [0.25, 0.3) is 5.91 Å². The molecule has 0 radical (unpaired) electrons. The third-order valence-corrected chi connectivity index (χ3v) is 7.89. The van der Waals surface area contributed by atoms with Crippen molar-refractivity contribution in [3.05, 3.63) is 47.8 Å². The SMILES string of the molecule is Cc1cccc(NC(=O)N2CCN(C(=O)c3cc(S(=O)(=O)N4CCCC4)cn3C)CC2)c1. The van der Waals surface area contributed by atoms with E-state index in [4.69, 9.17) is 0 Å². The number of hydrogen-bond acceptors (Lipinski definition) is 4. The molecule has 32 heavy (non-hydrogen) atoms. The molecule has 2 aromatic rings. The van der Waals surface area contributed by atoms with E-state index < -0.39 is 10.0 Å². The molecule has 0 unspecified atom stereocenters. The van der Waals surface area contributed by atoms with Gasteiger partial charge in [0.15, 0.2) is 0 Å². The maximum Gasteiger partial charge on any atom is 0.321 e. The van der Waals surface area contributed by atoms with Crippen molar-refractivity contribution in [2.75, 3.05) is 44.6 Å². The molecular weight excluding hydrogens is 430 g/mol. The molecule has 0 bridgehead atoms. The molecule has 1 aromatic heterocycles. The van der Waals surface area contributed by atoms with E-state index in [0.29, 0.717) is 45.0 Å². The molecule has 2 aliphatic heterocycles. The van der Waals surface area contributed by atoms with Gasteiger partial charge < -0.3 is 19.7 Å². The number of nitrogens with one attached hydrogen (secondary N) is 1. The van der Waals surface area contributed by atoms with Gasteiger partial charge in [-0.3, -0.25) is 4.79 Å². The van der Waals surface area contributed by atoms with Crippen molar-refractivity contribution in [2.24, 2.45) is 7.05 Å². The summed E-state index contributed by atoms with van der Waals surface area (Å²) in [7, 11) is -1.89. The summed E-state index contributed by atoms with van der Waals surface area (Å²) < 4.78 is 28.7. The molecule has 9 nitrogen and oxygen atoms in total. The Morgan fingerprint density at radius 2 is 1.59 bits per heavy atom. The summed E-state index contributed by atoms with van der Waals surface area (Å²) in [5, 5.41) is 2.89. The zero-order valence-corrected chi connectivity index (χ0v) is 19.3. The molecule has 2 fully saturated rings. The summed E-state index contributed by atoms with van der Waals surface area (Å²) in [6, 6.07) is 8.87.